The number of ether oxygens (including phenoxy) is 1. The monoisotopic (exact) mass is 289 g/mol. The topological polar surface area (TPSA) is 21.3 Å². The number of hydrogen-bond acceptors (Lipinski definition) is 3. The zero-order chi connectivity index (χ0) is 14.3. The van der Waals surface area contributed by atoms with Gasteiger partial charge in [0.1, 0.15) is 5.75 Å². The summed E-state index contributed by atoms with van der Waals surface area (Å²) in [4.78, 5) is 0. The van der Waals surface area contributed by atoms with Gasteiger partial charge in [-0.15, -0.1) is 0 Å². The summed E-state index contributed by atoms with van der Waals surface area (Å²) >= 11 is 1.82. The largest absolute Gasteiger partial charge is 0.497 e. The van der Waals surface area contributed by atoms with Gasteiger partial charge in [0.25, 0.3) is 0 Å². The van der Waals surface area contributed by atoms with E-state index >= 15 is 0 Å². The fourth-order valence-corrected chi connectivity index (χ4v) is 4.66. The van der Waals surface area contributed by atoms with Gasteiger partial charge in [-0.25, -0.2) is 0 Å². The van der Waals surface area contributed by atoms with E-state index in [1.165, 1.54) is 18.4 Å². The van der Waals surface area contributed by atoms with E-state index in [9.17, 15) is 0 Å². The third kappa shape index (κ3) is 2.22. The lowest BCUT2D eigenvalue weighted by Gasteiger charge is -2.59. The SMILES string of the molecule is C=C1C(SNc2ccc(OC)cc2)C[C@@H]2C[C@H]1C2(C)C. The number of nitrogens with one attached hydrogen (secondary N) is 1. The van der Waals surface area contributed by atoms with E-state index in [-0.39, 0.29) is 0 Å². The van der Waals surface area contributed by atoms with Crippen molar-refractivity contribution >= 4 is 17.6 Å². The normalized spacial score (nSPS) is 30.6. The van der Waals surface area contributed by atoms with Gasteiger partial charge in [-0.1, -0.05) is 26.0 Å². The molecule has 0 spiro atoms. The summed E-state index contributed by atoms with van der Waals surface area (Å²) in [5.41, 5.74) is 3.04. The van der Waals surface area contributed by atoms with Crippen molar-refractivity contribution in [3.63, 3.8) is 0 Å². The minimum Gasteiger partial charge on any atom is -0.497 e. The van der Waals surface area contributed by atoms with Gasteiger partial charge in [-0.05, 0) is 66.3 Å². The summed E-state index contributed by atoms with van der Waals surface area (Å²) in [6.45, 7) is 9.16. The molecule has 0 saturated heterocycles. The maximum atomic E-state index is 5.17. The molecule has 3 saturated carbocycles. The Morgan fingerprint density at radius 3 is 2.50 bits per heavy atom. The summed E-state index contributed by atoms with van der Waals surface area (Å²) in [5, 5.41) is 0.550. The second kappa shape index (κ2) is 5.03. The smallest absolute Gasteiger partial charge is 0.119 e. The molecule has 2 bridgehead atoms. The third-order valence-electron chi connectivity index (χ3n) is 5.24. The average molecular weight is 289 g/mol. The highest BCUT2D eigenvalue weighted by Crippen LogP contribution is 2.62. The molecule has 0 amide bonds. The molecular formula is C17H23NOS. The molecule has 4 rings (SSSR count). The van der Waals surface area contributed by atoms with Crippen molar-refractivity contribution in [3.8, 4) is 5.75 Å². The van der Waals surface area contributed by atoms with Crippen molar-refractivity contribution in [3.05, 3.63) is 36.4 Å². The number of rotatable bonds is 4. The summed E-state index contributed by atoms with van der Waals surface area (Å²) in [5.74, 6) is 2.48. The zero-order valence-corrected chi connectivity index (χ0v) is 13.3. The van der Waals surface area contributed by atoms with Crippen molar-refractivity contribution in [2.24, 2.45) is 17.3 Å². The van der Waals surface area contributed by atoms with E-state index in [1.807, 2.05) is 24.1 Å². The number of hydrogen-bond donors (Lipinski definition) is 1. The van der Waals surface area contributed by atoms with Crippen LogP contribution in [0.4, 0.5) is 5.69 Å². The zero-order valence-electron chi connectivity index (χ0n) is 12.5. The molecule has 3 fully saturated rings. The first-order chi connectivity index (χ1) is 9.52. The molecule has 20 heavy (non-hydrogen) atoms. The van der Waals surface area contributed by atoms with Gasteiger partial charge >= 0.3 is 0 Å². The minimum atomic E-state index is 0.480. The van der Waals surface area contributed by atoms with Gasteiger partial charge in [-0.2, -0.15) is 0 Å². The van der Waals surface area contributed by atoms with Crippen LogP contribution in [0.25, 0.3) is 0 Å². The first-order valence-corrected chi connectivity index (χ1v) is 8.14. The highest BCUT2D eigenvalue weighted by molar-refractivity contribution is 8.01. The van der Waals surface area contributed by atoms with Crippen LogP contribution < -0.4 is 9.46 Å². The van der Waals surface area contributed by atoms with Crippen LogP contribution in [-0.4, -0.2) is 12.4 Å². The molecule has 3 aliphatic rings. The lowest BCUT2D eigenvalue weighted by atomic mass is 9.47. The third-order valence-corrected chi connectivity index (χ3v) is 6.37. The lowest BCUT2D eigenvalue weighted by Crippen LogP contribution is -2.52. The molecule has 3 heteroatoms. The second-order valence-electron chi connectivity index (χ2n) is 6.55. The van der Waals surface area contributed by atoms with Gasteiger partial charge in [-0.3, -0.25) is 0 Å². The van der Waals surface area contributed by atoms with E-state index in [0.717, 1.165) is 23.3 Å². The van der Waals surface area contributed by atoms with Crippen LogP contribution in [-0.2, 0) is 0 Å². The maximum absolute atomic E-state index is 5.17. The van der Waals surface area contributed by atoms with Crippen LogP contribution in [0.5, 0.6) is 5.75 Å². The predicted molar refractivity (Wildman–Crippen MR) is 87.1 cm³/mol. The maximum Gasteiger partial charge on any atom is 0.119 e. The quantitative estimate of drug-likeness (QED) is 0.638. The van der Waals surface area contributed by atoms with Gasteiger partial charge in [0, 0.05) is 10.9 Å². The van der Waals surface area contributed by atoms with Gasteiger partial charge in [0.2, 0.25) is 0 Å². The standard InChI is InChI=1S/C17H23NOS/c1-11-15-9-12(17(15,2)3)10-16(11)20-18-13-5-7-14(19-4)8-6-13/h5-8,12,15-16,18H,1,9-10H2,2-4H3/t12-,15+,16?/m0/s1. The summed E-state index contributed by atoms with van der Waals surface area (Å²) < 4.78 is 8.64. The van der Waals surface area contributed by atoms with Crippen molar-refractivity contribution in [1.29, 1.82) is 0 Å². The van der Waals surface area contributed by atoms with Crippen LogP contribution in [0.15, 0.2) is 36.4 Å². The second-order valence-corrected chi connectivity index (χ2v) is 7.56. The highest BCUT2D eigenvalue weighted by atomic mass is 32.2. The molecule has 3 atom stereocenters. The van der Waals surface area contributed by atoms with Crippen LogP contribution in [0, 0.1) is 17.3 Å². The highest BCUT2D eigenvalue weighted by Gasteiger charge is 2.54. The molecule has 0 radical (unpaired) electrons. The van der Waals surface area contributed by atoms with Gasteiger partial charge in [0.15, 0.2) is 0 Å². The van der Waals surface area contributed by atoms with Crippen LogP contribution in [0.1, 0.15) is 26.7 Å². The summed E-state index contributed by atoms with van der Waals surface area (Å²) in [7, 11) is 1.69. The molecule has 1 aromatic rings. The van der Waals surface area contributed by atoms with Crippen LogP contribution in [0.2, 0.25) is 0 Å². The molecule has 108 valence electrons. The van der Waals surface area contributed by atoms with E-state index in [4.69, 9.17) is 4.74 Å². The van der Waals surface area contributed by atoms with Crippen molar-refractivity contribution in [1.82, 2.24) is 0 Å². The Hall–Kier alpha value is -1.09. The fourth-order valence-electron chi connectivity index (χ4n) is 3.60. The van der Waals surface area contributed by atoms with Crippen LogP contribution in [0.3, 0.4) is 0 Å². The molecular weight excluding hydrogens is 266 g/mol. The van der Waals surface area contributed by atoms with E-state index in [2.05, 4.69) is 37.3 Å². The van der Waals surface area contributed by atoms with Gasteiger partial charge in [0.05, 0.1) is 7.11 Å². The Labute approximate surface area is 126 Å². The molecule has 1 unspecified atom stereocenters. The Morgan fingerprint density at radius 2 is 1.95 bits per heavy atom. The van der Waals surface area contributed by atoms with Crippen molar-refractivity contribution in [2.75, 3.05) is 11.8 Å². The molecule has 1 aromatic carbocycles. The Kier molecular flexibility index (Phi) is 3.49. The van der Waals surface area contributed by atoms with Crippen molar-refractivity contribution < 1.29 is 4.74 Å². The summed E-state index contributed by atoms with van der Waals surface area (Å²) in [6, 6.07) is 8.09. The Bertz CT molecular complexity index is 508. The summed E-state index contributed by atoms with van der Waals surface area (Å²) in [6.07, 6.45) is 2.61. The first kappa shape index (κ1) is 13.9. The fraction of sp³-hybridized carbons (Fsp3) is 0.529. The Morgan fingerprint density at radius 1 is 1.25 bits per heavy atom. The molecule has 1 N–H and O–H groups in total. The van der Waals surface area contributed by atoms with E-state index in [1.54, 1.807) is 7.11 Å². The molecule has 2 nitrogen and oxygen atoms in total. The van der Waals surface area contributed by atoms with Gasteiger partial charge < -0.3 is 9.46 Å². The Balaban J connectivity index is 1.58. The number of methoxy groups -OCH3 is 1. The minimum absolute atomic E-state index is 0.480. The predicted octanol–water partition coefficient (Wildman–Crippen LogP) is 4.75. The van der Waals surface area contributed by atoms with E-state index in [0.29, 0.717) is 10.7 Å². The number of benzene rings is 1. The molecule has 0 heterocycles. The first-order valence-electron chi connectivity index (χ1n) is 7.26. The number of fused-ring (bicyclic) bond motifs is 2. The number of anilines is 1. The van der Waals surface area contributed by atoms with Crippen molar-refractivity contribution in [2.45, 2.75) is 31.9 Å². The lowest BCUT2D eigenvalue weighted by molar-refractivity contribution is -0.0249. The average Bonchev–Trinajstić information content (AvgIpc) is 2.46. The molecule has 3 aliphatic carbocycles. The molecule has 0 aliphatic heterocycles. The molecule has 0 aromatic heterocycles. The van der Waals surface area contributed by atoms with Crippen LogP contribution >= 0.6 is 11.9 Å². The van der Waals surface area contributed by atoms with E-state index < -0.39 is 0 Å².